The lowest BCUT2D eigenvalue weighted by Gasteiger charge is -2.41. The molecule has 1 saturated heterocycles. The number of halogens is 2. The van der Waals surface area contributed by atoms with Crippen molar-refractivity contribution in [2.75, 3.05) is 19.6 Å². The predicted molar refractivity (Wildman–Crippen MR) is 78.2 cm³/mol. The highest BCUT2D eigenvalue weighted by Crippen LogP contribution is 2.39. The van der Waals surface area contributed by atoms with Crippen molar-refractivity contribution in [2.45, 2.75) is 25.8 Å². The van der Waals surface area contributed by atoms with Gasteiger partial charge in [-0.1, -0.05) is 30.1 Å². The second kappa shape index (κ2) is 6.25. The summed E-state index contributed by atoms with van der Waals surface area (Å²) in [5.41, 5.74) is 7.06. The molecule has 4 heteroatoms. The molecule has 1 fully saturated rings. The van der Waals surface area contributed by atoms with E-state index < -0.39 is 0 Å². The average Bonchev–Trinajstić information content (AvgIpc) is 2.40. The van der Waals surface area contributed by atoms with Gasteiger partial charge in [0.15, 0.2) is 0 Å². The summed E-state index contributed by atoms with van der Waals surface area (Å²) < 4.78 is 0. The van der Waals surface area contributed by atoms with Gasteiger partial charge in [-0.25, -0.2) is 0 Å². The van der Waals surface area contributed by atoms with Crippen LogP contribution in [0.1, 0.15) is 31.4 Å². The Kier molecular flexibility index (Phi) is 4.91. The summed E-state index contributed by atoms with van der Waals surface area (Å²) in [6, 6.07) is 6.02. The van der Waals surface area contributed by atoms with Gasteiger partial charge < -0.3 is 5.73 Å². The molecule has 0 saturated carbocycles. The van der Waals surface area contributed by atoms with E-state index in [2.05, 4.69) is 11.8 Å². The van der Waals surface area contributed by atoms with Gasteiger partial charge in [-0.3, -0.25) is 4.90 Å². The van der Waals surface area contributed by atoms with Crippen LogP contribution in [-0.2, 0) is 0 Å². The molecule has 0 amide bonds. The van der Waals surface area contributed by atoms with Crippen molar-refractivity contribution in [3.8, 4) is 0 Å². The third kappa shape index (κ3) is 2.83. The van der Waals surface area contributed by atoms with Crippen LogP contribution in [0.15, 0.2) is 18.2 Å². The fraction of sp³-hybridized carbons (Fsp3) is 0.571. The lowest BCUT2D eigenvalue weighted by molar-refractivity contribution is 0.102. The number of nitrogens with zero attached hydrogens (tertiary/aromatic N) is 1. The van der Waals surface area contributed by atoms with Crippen LogP contribution in [0.4, 0.5) is 0 Å². The summed E-state index contributed by atoms with van der Waals surface area (Å²) in [5.74, 6) is 0.467. The average molecular weight is 287 g/mol. The maximum atomic E-state index is 6.35. The molecule has 2 atom stereocenters. The number of hydrogen-bond donors (Lipinski definition) is 1. The zero-order valence-electron chi connectivity index (χ0n) is 10.7. The third-order valence-corrected chi connectivity index (χ3v) is 4.43. The molecule has 0 aromatic heterocycles. The Balaban J connectivity index is 2.38. The molecule has 0 radical (unpaired) electrons. The Morgan fingerprint density at radius 2 is 2.17 bits per heavy atom. The molecule has 18 heavy (non-hydrogen) atoms. The molecular weight excluding hydrogens is 267 g/mol. The van der Waals surface area contributed by atoms with Gasteiger partial charge in [0.25, 0.3) is 0 Å². The standard InChI is InChI=1S/C14H20Cl2N2/c1-2-18-7-3-4-10(9-17)14(18)12-8-11(15)5-6-13(12)16/h5-6,8,10,14H,2-4,7,9,17H2,1H3. The highest BCUT2D eigenvalue weighted by molar-refractivity contribution is 6.33. The van der Waals surface area contributed by atoms with Crippen molar-refractivity contribution in [2.24, 2.45) is 11.7 Å². The highest BCUT2D eigenvalue weighted by Gasteiger charge is 2.32. The van der Waals surface area contributed by atoms with Crippen LogP contribution in [-0.4, -0.2) is 24.5 Å². The summed E-state index contributed by atoms with van der Waals surface area (Å²) in [6.45, 7) is 5.01. The Morgan fingerprint density at radius 1 is 1.39 bits per heavy atom. The maximum Gasteiger partial charge on any atom is 0.0455 e. The number of nitrogens with two attached hydrogens (primary N) is 1. The normalized spacial score (nSPS) is 25.3. The lowest BCUT2D eigenvalue weighted by Crippen LogP contribution is -2.41. The van der Waals surface area contributed by atoms with Gasteiger partial charge in [0.1, 0.15) is 0 Å². The number of piperidine rings is 1. The van der Waals surface area contributed by atoms with Gasteiger partial charge in [0, 0.05) is 16.1 Å². The van der Waals surface area contributed by atoms with Crippen molar-refractivity contribution in [3.05, 3.63) is 33.8 Å². The first kappa shape index (κ1) is 14.1. The van der Waals surface area contributed by atoms with E-state index in [1.165, 1.54) is 12.8 Å². The molecule has 2 unspecified atom stereocenters. The minimum absolute atomic E-state index is 0.306. The third-order valence-electron chi connectivity index (χ3n) is 3.85. The van der Waals surface area contributed by atoms with Crippen LogP contribution in [0.3, 0.4) is 0 Å². The van der Waals surface area contributed by atoms with E-state index in [0.29, 0.717) is 18.5 Å². The van der Waals surface area contributed by atoms with Crippen LogP contribution in [0.5, 0.6) is 0 Å². The predicted octanol–water partition coefficient (Wildman–Crippen LogP) is 3.73. The second-order valence-electron chi connectivity index (χ2n) is 4.88. The van der Waals surface area contributed by atoms with Crippen LogP contribution in [0.2, 0.25) is 10.0 Å². The zero-order chi connectivity index (χ0) is 13.1. The topological polar surface area (TPSA) is 29.3 Å². The molecule has 0 spiro atoms. The van der Waals surface area contributed by atoms with Crippen LogP contribution >= 0.6 is 23.2 Å². The zero-order valence-corrected chi connectivity index (χ0v) is 12.2. The maximum absolute atomic E-state index is 6.35. The first-order chi connectivity index (χ1) is 8.67. The SMILES string of the molecule is CCN1CCCC(CN)C1c1cc(Cl)ccc1Cl. The molecule has 1 aromatic carbocycles. The first-order valence-electron chi connectivity index (χ1n) is 6.56. The molecule has 1 heterocycles. The van der Waals surface area contributed by atoms with E-state index >= 15 is 0 Å². The van der Waals surface area contributed by atoms with E-state index in [1.54, 1.807) is 0 Å². The molecule has 0 aliphatic carbocycles. The molecule has 1 aromatic rings. The fourth-order valence-electron chi connectivity index (χ4n) is 2.95. The van der Waals surface area contributed by atoms with E-state index in [4.69, 9.17) is 28.9 Å². The Hall–Kier alpha value is -0.280. The van der Waals surface area contributed by atoms with Crippen LogP contribution in [0, 0.1) is 5.92 Å². The van der Waals surface area contributed by atoms with Crippen LogP contribution in [0.25, 0.3) is 0 Å². The summed E-state index contributed by atoms with van der Waals surface area (Å²) in [4.78, 5) is 2.46. The summed E-state index contributed by atoms with van der Waals surface area (Å²) in [7, 11) is 0. The number of benzene rings is 1. The van der Waals surface area contributed by atoms with Crippen LogP contribution < -0.4 is 5.73 Å². The minimum Gasteiger partial charge on any atom is -0.330 e. The van der Waals surface area contributed by atoms with Crippen molar-refractivity contribution in [1.29, 1.82) is 0 Å². The largest absolute Gasteiger partial charge is 0.330 e. The molecule has 100 valence electrons. The Morgan fingerprint density at radius 3 is 2.83 bits per heavy atom. The number of likely N-dealkylation sites (tertiary alicyclic amines) is 1. The van der Waals surface area contributed by atoms with E-state index in [9.17, 15) is 0 Å². The van der Waals surface area contributed by atoms with Gasteiger partial charge in [-0.15, -0.1) is 0 Å². The molecule has 1 aliphatic heterocycles. The van der Waals surface area contributed by atoms with Crippen molar-refractivity contribution in [3.63, 3.8) is 0 Å². The quantitative estimate of drug-likeness (QED) is 0.918. The van der Waals surface area contributed by atoms with Gasteiger partial charge in [0.05, 0.1) is 0 Å². The lowest BCUT2D eigenvalue weighted by atomic mass is 9.84. The summed E-state index contributed by atoms with van der Waals surface area (Å²) in [5, 5.41) is 1.54. The van der Waals surface area contributed by atoms with Crippen molar-refractivity contribution < 1.29 is 0 Å². The van der Waals surface area contributed by atoms with Gasteiger partial charge in [0.2, 0.25) is 0 Å². The smallest absolute Gasteiger partial charge is 0.0455 e. The molecular formula is C14H20Cl2N2. The fourth-order valence-corrected chi connectivity index (χ4v) is 3.35. The number of hydrogen-bond acceptors (Lipinski definition) is 2. The van der Waals surface area contributed by atoms with E-state index in [1.807, 2.05) is 18.2 Å². The number of rotatable bonds is 3. The monoisotopic (exact) mass is 286 g/mol. The molecule has 2 nitrogen and oxygen atoms in total. The Bertz CT molecular complexity index is 397. The molecule has 2 rings (SSSR count). The first-order valence-corrected chi connectivity index (χ1v) is 7.32. The van der Waals surface area contributed by atoms with E-state index in [-0.39, 0.29) is 0 Å². The van der Waals surface area contributed by atoms with Gasteiger partial charge >= 0.3 is 0 Å². The molecule has 0 bridgehead atoms. The van der Waals surface area contributed by atoms with Gasteiger partial charge in [-0.05, 0) is 62.2 Å². The molecule has 2 N–H and O–H groups in total. The van der Waals surface area contributed by atoms with Crippen molar-refractivity contribution >= 4 is 23.2 Å². The second-order valence-corrected chi connectivity index (χ2v) is 5.72. The summed E-state index contributed by atoms with van der Waals surface area (Å²) in [6.07, 6.45) is 2.38. The highest BCUT2D eigenvalue weighted by atomic mass is 35.5. The van der Waals surface area contributed by atoms with Crippen molar-refractivity contribution in [1.82, 2.24) is 4.90 Å². The molecule has 1 aliphatic rings. The van der Waals surface area contributed by atoms with E-state index in [0.717, 1.165) is 28.7 Å². The van der Waals surface area contributed by atoms with Gasteiger partial charge in [-0.2, -0.15) is 0 Å². The Labute approximate surface area is 119 Å². The minimum atomic E-state index is 0.306. The summed E-state index contributed by atoms with van der Waals surface area (Å²) >= 11 is 12.5.